The molecule has 1 aliphatic rings. The smallest absolute Gasteiger partial charge is 0.153 e. The van der Waals surface area contributed by atoms with Gasteiger partial charge in [-0.05, 0) is 40.0 Å². The van der Waals surface area contributed by atoms with Crippen LogP contribution in [-0.4, -0.2) is 59.1 Å². The molecule has 5 nitrogen and oxygen atoms in total. The molecule has 1 aromatic heterocycles. The van der Waals surface area contributed by atoms with Crippen LogP contribution in [0.3, 0.4) is 0 Å². The van der Waals surface area contributed by atoms with Gasteiger partial charge in [-0.15, -0.1) is 0 Å². The summed E-state index contributed by atoms with van der Waals surface area (Å²) in [7, 11) is 6.14. The highest BCUT2D eigenvalue weighted by Crippen LogP contribution is 2.17. The molecule has 1 fully saturated rings. The third kappa shape index (κ3) is 2.97. The SMILES string of the molecule is CN1CCC(N(C)Cc2nn(C)cc2C=O)CC1. The van der Waals surface area contributed by atoms with Crippen LogP contribution in [0.15, 0.2) is 6.20 Å². The molecule has 0 saturated carbocycles. The zero-order valence-electron chi connectivity index (χ0n) is 11.5. The molecule has 0 amide bonds. The van der Waals surface area contributed by atoms with Crippen molar-refractivity contribution in [3.8, 4) is 0 Å². The van der Waals surface area contributed by atoms with E-state index >= 15 is 0 Å². The fourth-order valence-corrected chi connectivity index (χ4v) is 2.58. The normalized spacial score (nSPS) is 18.4. The van der Waals surface area contributed by atoms with Crippen molar-refractivity contribution in [2.45, 2.75) is 25.4 Å². The first-order valence-electron chi connectivity index (χ1n) is 6.46. The van der Waals surface area contributed by atoms with E-state index in [0.717, 1.165) is 31.6 Å². The lowest BCUT2D eigenvalue weighted by Crippen LogP contribution is -2.41. The lowest BCUT2D eigenvalue weighted by molar-refractivity contribution is 0.111. The molecule has 2 rings (SSSR count). The molecular formula is C13H22N4O. The Morgan fingerprint density at radius 2 is 2.11 bits per heavy atom. The molecule has 0 bridgehead atoms. The first kappa shape index (κ1) is 13.2. The van der Waals surface area contributed by atoms with Gasteiger partial charge in [-0.25, -0.2) is 0 Å². The minimum Gasteiger partial charge on any atom is -0.306 e. The summed E-state index contributed by atoms with van der Waals surface area (Å²) in [5.74, 6) is 0. The number of likely N-dealkylation sites (tertiary alicyclic amines) is 1. The van der Waals surface area contributed by atoms with Crippen molar-refractivity contribution >= 4 is 6.29 Å². The Labute approximate surface area is 108 Å². The molecule has 1 aromatic rings. The van der Waals surface area contributed by atoms with Gasteiger partial charge < -0.3 is 4.90 Å². The minimum absolute atomic E-state index is 0.600. The van der Waals surface area contributed by atoms with Gasteiger partial charge in [0.15, 0.2) is 6.29 Å². The predicted molar refractivity (Wildman–Crippen MR) is 70.6 cm³/mol. The zero-order valence-corrected chi connectivity index (χ0v) is 11.5. The molecule has 0 spiro atoms. The van der Waals surface area contributed by atoms with Crippen LogP contribution in [0.2, 0.25) is 0 Å². The van der Waals surface area contributed by atoms with Crippen molar-refractivity contribution in [1.29, 1.82) is 0 Å². The van der Waals surface area contributed by atoms with Gasteiger partial charge in [-0.2, -0.15) is 5.10 Å². The van der Waals surface area contributed by atoms with Crippen LogP contribution in [0.4, 0.5) is 0 Å². The van der Waals surface area contributed by atoms with Crippen molar-refractivity contribution in [1.82, 2.24) is 19.6 Å². The van der Waals surface area contributed by atoms with Crippen molar-refractivity contribution in [3.63, 3.8) is 0 Å². The number of hydrogen-bond acceptors (Lipinski definition) is 4. The number of piperidine rings is 1. The fourth-order valence-electron chi connectivity index (χ4n) is 2.58. The first-order valence-corrected chi connectivity index (χ1v) is 6.46. The van der Waals surface area contributed by atoms with Crippen LogP contribution in [0, 0.1) is 0 Å². The van der Waals surface area contributed by atoms with Crippen LogP contribution in [0.1, 0.15) is 28.9 Å². The average molecular weight is 250 g/mol. The number of nitrogens with zero attached hydrogens (tertiary/aromatic N) is 4. The first-order chi connectivity index (χ1) is 8.60. The van der Waals surface area contributed by atoms with E-state index in [1.54, 1.807) is 10.9 Å². The molecule has 1 aliphatic heterocycles. The van der Waals surface area contributed by atoms with E-state index in [1.807, 2.05) is 7.05 Å². The number of carbonyl (C=O) groups is 1. The molecule has 1 saturated heterocycles. The monoisotopic (exact) mass is 250 g/mol. The second-order valence-corrected chi connectivity index (χ2v) is 5.27. The maximum absolute atomic E-state index is 11.0. The van der Waals surface area contributed by atoms with E-state index in [1.165, 1.54) is 12.8 Å². The van der Waals surface area contributed by atoms with Crippen LogP contribution in [0.5, 0.6) is 0 Å². The predicted octanol–water partition coefficient (Wildman–Crippen LogP) is 0.759. The van der Waals surface area contributed by atoms with Gasteiger partial charge in [0.05, 0.1) is 11.3 Å². The maximum Gasteiger partial charge on any atom is 0.153 e. The number of aldehydes is 1. The van der Waals surface area contributed by atoms with Gasteiger partial charge in [0, 0.05) is 25.8 Å². The standard InChI is InChI=1S/C13H22N4O/c1-15-6-4-12(5-7-15)16(2)9-13-11(10-18)8-17(3)14-13/h8,10,12H,4-7,9H2,1-3H3. The Bertz CT molecular complexity index is 407. The van der Waals surface area contributed by atoms with Gasteiger partial charge >= 0.3 is 0 Å². The average Bonchev–Trinajstić information content (AvgIpc) is 2.70. The second kappa shape index (κ2) is 5.63. The number of carbonyl (C=O) groups excluding carboxylic acids is 1. The van der Waals surface area contributed by atoms with Crippen molar-refractivity contribution in [2.75, 3.05) is 27.2 Å². The Balaban J connectivity index is 1.97. The molecule has 0 N–H and O–H groups in total. The Kier molecular flexibility index (Phi) is 4.14. The molecule has 5 heteroatoms. The molecule has 2 heterocycles. The molecule has 0 aromatic carbocycles. The lowest BCUT2D eigenvalue weighted by atomic mass is 10.0. The molecule has 18 heavy (non-hydrogen) atoms. The Morgan fingerprint density at radius 3 is 2.72 bits per heavy atom. The summed E-state index contributed by atoms with van der Waals surface area (Å²) in [6.07, 6.45) is 5.06. The third-order valence-corrected chi connectivity index (χ3v) is 3.78. The largest absolute Gasteiger partial charge is 0.306 e. The zero-order chi connectivity index (χ0) is 13.1. The number of rotatable bonds is 4. The van der Waals surface area contributed by atoms with E-state index in [-0.39, 0.29) is 0 Å². The van der Waals surface area contributed by atoms with E-state index in [4.69, 9.17) is 0 Å². The number of aromatic nitrogens is 2. The summed E-state index contributed by atoms with van der Waals surface area (Å²) in [6.45, 7) is 3.05. The minimum atomic E-state index is 0.600. The van der Waals surface area contributed by atoms with Gasteiger partial charge in [-0.1, -0.05) is 0 Å². The van der Waals surface area contributed by atoms with Gasteiger partial charge in [0.25, 0.3) is 0 Å². The van der Waals surface area contributed by atoms with Crippen LogP contribution < -0.4 is 0 Å². The van der Waals surface area contributed by atoms with Crippen LogP contribution in [-0.2, 0) is 13.6 Å². The molecule has 100 valence electrons. The summed E-state index contributed by atoms with van der Waals surface area (Å²) >= 11 is 0. The Morgan fingerprint density at radius 1 is 1.44 bits per heavy atom. The van der Waals surface area contributed by atoms with Crippen molar-refractivity contribution in [2.24, 2.45) is 7.05 Å². The van der Waals surface area contributed by atoms with E-state index in [9.17, 15) is 4.79 Å². The van der Waals surface area contributed by atoms with Crippen LogP contribution >= 0.6 is 0 Å². The Hall–Kier alpha value is -1.20. The molecule has 0 aliphatic carbocycles. The quantitative estimate of drug-likeness (QED) is 0.740. The lowest BCUT2D eigenvalue weighted by Gasteiger charge is -2.34. The summed E-state index contributed by atoms with van der Waals surface area (Å²) < 4.78 is 1.71. The highest BCUT2D eigenvalue weighted by Gasteiger charge is 2.21. The summed E-state index contributed by atoms with van der Waals surface area (Å²) in [6, 6.07) is 0.600. The maximum atomic E-state index is 11.0. The number of aryl methyl sites for hydroxylation is 1. The van der Waals surface area contributed by atoms with E-state index in [0.29, 0.717) is 11.6 Å². The van der Waals surface area contributed by atoms with Crippen molar-refractivity contribution in [3.05, 3.63) is 17.5 Å². The third-order valence-electron chi connectivity index (χ3n) is 3.78. The topological polar surface area (TPSA) is 41.4 Å². The second-order valence-electron chi connectivity index (χ2n) is 5.27. The molecular weight excluding hydrogens is 228 g/mol. The molecule has 0 unspecified atom stereocenters. The van der Waals surface area contributed by atoms with Crippen molar-refractivity contribution < 1.29 is 4.79 Å². The van der Waals surface area contributed by atoms with Gasteiger partial charge in [0.1, 0.15) is 0 Å². The molecule has 0 atom stereocenters. The summed E-state index contributed by atoms with van der Waals surface area (Å²) in [5, 5.41) is 4.36. The van der Waals surface area contributed by atoms with Gasteiger partial charge in [0.2, 0.25) is 0 Å². The fraction of sp³-hybridized carbons (Fsp3) is 0.692. The highest BCUT2D eigenvalue weighted by atomic mass is 16.1. The summed E-state index contributed by atoms with van der Waals surface area (Å²) in [5.41, 5.74) is 1.59. The summed E-state index contributed by atoms with van der Waals surface area (Å²) in [4.78, 5) is 15.6. The van der Waals surface area contributed by atoms with E-state index in [2.05, 4.69) is 29.0 Å². The highest BCUT2D eigenvalue weighted by molar-refractivity contribution is 5.75. The van der Waals surface area contributed by atoms with E-state index < -0.39 is 0 Å². The van der Waals surface area contributed by atoms with Gasteiger partial charge in [-0.3, -0.25) is 14.4 Å². The van der Waals surface area contributed by atoms with Crippen LogP contribution in [0.25, 0.3) is 0 Å². The number of hydrogen-bond donors (Lipinski definition) is 0. The molecule has 0 radical (unpaired) electrons.